The van der Waals surface area contributed by atoms with Crippen LogP contribution in [0.25, 0.3) is 10.9 Å². The second kappa shape index (κ2) is 6.89. The van der Waals surface area contributed by atoms with Gasteiger partial charge in [0.15, 0.2) is 0 Å². The molecular formula is C20H15ClN2O4. The molecular weight excluding hydrogens is 368 g/mol. The zero-order valence-electron chi connectivity index (χ0n) is 14.1. The number of hydrogen-bond acceptors (Lipinski definition) is 4. The number of rotatable bonds is 3. The molecule has 1 atom stereocenters. The van der Waals surface area contributed by atoms with Gasteiger partial charge in [-0.05, 0) is 30.2 Å². The SMILES string of the molecule is O=C1OCC(Cc2ccccc2)N1C(=O)c1c[nH]c2ccc(Cl)cc2c1=O. The zero-order chi connectivity index (χ0) is 19.0. The third-order valence-electron chi connectivity index (χ3n) is 4.57. The van der Waals surface area contributed by atoms with Gasteiger partial charge in [0, 0.05) is 22.1 Å². The van der Waals surface area contributed by atoms with Crippen LogP contribution in [0.4, 0.5) is 4.79 Å². The van der Waals surface area contributed by atoms with Gasteiger partial charge in [-0.3, -0.25) is 9.59 Å². The number of H-pyrrole nitrogens is 1. The topological polar surface area (TPSA) is 79.5 Å². The fourth-order valence-electron chi connectivity index (χ4n) is 3.23. The second-order valence-electron chi connectivity index (χ2n) is 6.32. The summed E-state index contributed by atoms with van der Waals surface area (Å²) in [5, 5.41) is 0.681. The van der Waals surface area contributed by atoms with Crippen LogP contribution >= 0.6 is 11.6 Å². The predicted molar refractivity (Wildman–Crippen MR) is 101 cm³/mol. The zero-order valence-corrected chi connectivity index (χ0v) is 14.9. The lowest BCUT2D eigenvalue weighted by molar-refractivity contribution is 0.0773. The number of imide groups is 1. The number of nitrogens with one attached hydrogen (secondary N) is 1. The first-order chi connectivity index (χ1) is 13.0. The Morgan fingerprint density at radius 3 is 2.74 bits per heavy atom. The fourth-order valence-corrected chi connectivity index (χ4v) is 3.40. The molecule has 3 aromatic rings. The highest BCUT2D eigenvalue weighted by atomic mass is 35.5. The Morgan fingerprint density at radius 2 is 1.96 bits per heavy atom. The lowest BCUT2D eigenvalue weighted by atomic mass is 10.0. The highest BCUT2D eigenvalue weighted by Crippen LogP contribution is 2.21. The number of amides is 2. The Kier molecular flexibility index (Phi) is 4.41. The molecule has 136 valence electrons. The number of nitrogens with zero attached hydrogens (tertiary/aromatic N) is 1. The van der Waals surface area contributed by atoms with Crippen LogP contribution in [-0.4, -0.2) is 34.5 Å². The van der Waals surface area contributed by atoms with Crippen LogP contribution in [0.3, 0.4) is 0 Å². The molecule has 0 saturated carbocycles. The number of fused-ring (bicyclic) bond motifs is 1. The van der Waals surface area contributed by atoms with Gasteiger partial charge in [-0.2, -0.15) is 0 Å². The normalized spacial score (nSPS) is 16.6. The van der Waals surface area contributed by atoms with E-state index in [0.29, 0.717) is 22.3 Å². The maximum Gasteiger partial charge on any atom is 0.417 e. The third kappa shape index (κ3) is 3.19. The molecule has 1 unspecified atom stereocenters. The van der Waals surface area contributed by atoms with E-state index in [4.69, 9.17) is 16.3 Å². The van der Waals surface area contributed by atoms with Crippen LogP contribution in [0.15, 0.2) is 59.5 Å². The van der Waals surface area contributed by atoms with E-state index in [0.717, 1.165) is 10.5 Å². The molecule has 2 heterocycles. The predicted octanol–water partition coefficient (Wildman–Crippen LogP) is 3.39. The van der Waals surface area contributed by atoms with E-state index in [2.05, 4.69) is 4.98 Å². The first-order valence-corrected chi connectivity index (χ1v) is 8.77. The number of cyclic esters (lactones) is 1. The Bertz CT molecular complexity index is 1090. The summed E-state index contributed by atoms with van der Waals surface area (Å²) in [6.07, 6.45) is 1.04. The summed E-state index contributed by atoms with van der Waals surface area (Å²) in [5.41, 5.74) is 0.930. The Hall–Kier alpha value is -3.12. The van der Waals surface area contributed by atoms with Crippen LogP contribution < -0.4 is 5.43 Å². The molecule has 6 nitrogen and oxygen atoms in total. The molecule has 1 saturated heterocycles. The Morgan fingerprint density at radius 1 is 1.19 bits per heavy atom. The van der Waals surface area contributed by atoms with Gasteiger partial charge in [0.25, 0.3) is 5.91 Å². The lowest BCUT2D eigenvalue weighted by Crippen LogP contribution is -2.42. The summed E-state index contributed by atoms with van der Waals surface area (Å²) >= 11 is 5.96. The van der Waals surface area contributed by atoms with Crippen LogP contribution in [0, 0.1) is 0 Å². The minimum atomic E-state index is -0.744. The molecule has 4 rings (SSSR count). The van der Waals surface area contributed by atoms with E-state index < -0.39 is 23.5 Å². The van der Waals surface area contributed by atoms with Crippen molar-refractivity contribution in [2.24, 2.45) is 0 Å². The number of aromatic nitrogens is 1. The monoisotopic (exact) mass is 382 g/mol. The van der Waals surface area contributed by atoms with Gasteiger partial charge in [0.1, 0.15) is 12.2 Å². The summed E-state index contributed by atoms with van der Waals surface area (Å²) < 4.78 is 5.07. The third-order valence-corrected chi connectivity index (χ3v) is 4.80. The number of hydrogen-bond donors (Lipinski definition) is 1. The van der Waals surface area contributed by atoms with Crippen molar-refractivity contribution >= 4 is 34.5 Å². The maximum absolute atomic E-state index is 13.0. The summed E-state index contributed by atoms with van der Waals surface area (Å²) in [6, 6.07) is 13.8. The molecule has 1 N–H and O–H groups in total. The molecule has 27 heavy (non-hydrogen) atoms. The highest BCUT2D eigenvalue weighted by Gasteiger charge is 2.39. The van der Waals surface area contributed by atoms with Crippen molar-refractivity contribution in [2.75, 3.05) is 6.61 Å². The molecule has 0 radical (unpaired) electrons. The summed E-state index contributed by atoms with van der Waals surface area (Å²) in [5.74, 6) is -0.679. The number of carbonyl (C=O) groups excluding carboxylic acids is 2. The van der Waals surface area contributed by atoms with Crippen molar-refractivity contribution < 1.29 is 14.3 Å². The smallest absolute Gasteiger partial charge is 0.417 e. The van der Waals surface area contributed by atoms with Gasteiger partial charge in [0.2, 0.25) is 5.43 Å². The van der Waals surface area contributed by atoms with Crippen molar-refractivity contribution in [2.45, 2.75) is 12.5 Å². The molecule has 0 bridgehead atoms. The maximum atomic E-state index is 13.0. The number of halogens is 1. The summed E-state index contributed by atoms with van der Waals surface area (Å²) in [6.45, 7) is 0.0940. The van der Waals surface area contributed by atoms with Crippen molar-refractivity contribution in [3.63, 3.8) is 0 Å². The molecule has 1 fully saturated rings. The van der Waals surface area contributed by atoms with Gasteiger partial charge in [-0.15, -0.1) is 0 Å². The number of carbonyl (C=O) groups is 2. The minimum absolute atomic E-state index is 0.0940. The van der Waals surface area contributed by atoms with Crippen molar-refractivity contribution in [1.29, 1.82) is 0 Å². The Labute approximate surface area is 159 Å². The Balaban J connectivity index is 1.70. The van der Waals surface area contributed by atoms with E-state index in [1.165, 1.54) is 12.3 Å². The molecule has 0 aliphatic carbocycles. The van der Waals surface area contributed by atoms with Gasteiger partial charge < -0.3 is 9.72 Å². The van der Waals surface area contributed by atoms with E-state index >= 15 is 0 Å². The average Bonchev–Trinajstić information content (AvgIpc) is 3.03. The number of benzene rings is 2. The van der Waals surface area contributed by atoms with Crippen LogP contribution in [0.2, 0.25) is 5.02 Å². The first kappa shape index (κ1) is 17.3. The van der Waals surface area contributed by atoms with Gasteiger partial charge in [-0.1, -0.05) is 41.9 Å². The minimum Gasteiger partial charge on any atom is -0.447 e. The van der Waals surface area contributed by atoms with E-state index in [1.54, 1.807) is 12.1 Å². The molecule has 0 spiro atoms. The fraction of sp³-hybridized carbons (Fsp3) is 0.150. The number of ether oxygens (including phenoxy) is 1. The van der Waals surface area contributed by atoms with Crippen molar-refractivity contribution in [1.82, 2.24) is 9.88 Å². The van der Waals surface area contributed by atoms with Gasteiger partial charge in [0.05, 0.1) is 6.04 Å². The summed E-state index contributed by atoms with van der Waals surface area (Å²) in [4.78, 5) is 41.9. The quantitative estimate of drug-likeness (QED) is 0.753. The number of pyridine rings is 1. The van der Waals surface area contributed by atoms with Crippen molar-refractivity contribution in [3.05, 3.63) is 81.1 Å². The molecule has 2 amide bonds. The van der Waals surface area contributed by atoms with E-state index in [-0.39, 0.29) is 12.2 Å². The van der Waals surface area contributed by atoms with E-state index in [1.807, 2.05) is 30.3 Å². The molecule has 1 aliphatic rings. The first-order valence-electron chi connectivity index (χ1n) is 8.40. The van der Waals surface area contributed by atoms with Crippen LogP contribution in [0.1, 0.15) is 15.9 Å². The van der Waals surface area contributed by atoms with Gasteiger partial charge >= 0.3 is 6.09 Å². The van der Waals surface area contributed by atoms with Gasteiger partial charge in [-0.25, -0.2) is 9.69 Å². The highest BCUT2D eigenvalue weighted by molar-refractivity contribution is 6.31. The van der Waals surface area contributed by atoms with Crippen molar-refractivity contribution in [3.8, 4) is 0 Å². The second-order valence-corrected chi connectivity index (χ2v) is 6.75. The van der Waals surface area contributed by atoms with E-state index in [9.17, 15) is 14.4 Å². The molecule has 1 aromatic heterocycles. The lowest BCUT2D eigenvalue weighted by Gasteiger charge is -2.19. The standard InChI is InChI=1S/C20H15ClN2O4/c21-13-6-7-17-15(9-13)18(24)16(10-22-17)19(25)23-14(11-27-20(23)26)8-12-4-2-1-3-5-12/h1-7,9-10,14H,8,11H2,(H,22,24). The van der Waals surface area contributed by atoms with Crippen LogP contribution in [-0.2, 0) is 11.2 Å². The molecule has 2 aromatic carbocycles. The summed E-state index contributed by atoms with van der Waals surface area (Å²) in [7, 11) is 0. The molecule has 7 heteroatoms. The largest absolute Gasteiger partial charge is 0.447 e. The number of aromatic amines is 1. The van der Waals surface area contributed by atoms with Crippen LogP contribution in [0.5, 0.6) is 0 Å². The molecule has 1 aliphatic heterocycles. The average molecular weight is 383 g/mol.